The zero-order chi connectivity index (χ0) is 15.6. The Morgan fingerprint density at radius 3 is 2.57 bits per heavy atom. The van der Waals surface area contributed by atoms with E-state index in [1.165, 1.54) is 22.5 Å². The van der Waals surface area contributed by atoms with Crippen molar-refractivity contribution in [3.63, 3.8) is 0 Å². The second-order valence-electron chi connectivity index (χ2n) is 5.21. The van der Waals surface area contributed by atoms with Crippen LogP contribution in [0, 0.1) is 20.8 Å². The van der Waals surface area contributed by atoms with Crippen LogP contribution in [0.15, 0.2) is 18.2 Å². The number of nitrogen functional groups attached to an aromatic ring is 1. The summed E-state index contributed by atoms with van der Waals surface area (Å²) in [6.45, 7) is 8.52. The number of anilines is 1. The van der Waals surface area contributed by atoms with Gasteiger partial charge >= 0.3 is 5.97 Å². The summed E-state index contributed by atoms with van der Waals surface area (Å²) < 4.78 is 5.28. The maximum Gasteiger partial charge on any atom is 0.341 e. The molecule has 112 valence electrons. The van der Waals surface area contributed by atoms with Gasteiger partial charge < -0.3 is 10.5 Å². The summed E-state index contributed by atoms with van der Waals surface area (Å²) in [6.07, 6.45) is 0.799. The second kappa shape index (κ2) is 6.31. The van der Waals surface area contributed by atoms with E-state index in [-0.39, 0.29) is 5.97 Å². The molecular formula is C17H21NO2S. The second-order valence-corrected chi connectivity index (χ2v) is 6.46. The first-order valence-corrected chi connectivity index (χ1v) is 7.91. The number of hydrogen-bond acceptors (Lipinski definition) is 4. The Hall–Kier alpha value is -1.81. The van der Waals surface area contributed by atoms with Crippen molar-refractivity contribution < 1.29 is 9.53 Å². The van der Waals surface area contributed by atoms with Gasteiger partial charge in [-0.2, -0.15) is 0 Å². The molecule has 2 rings (SSSR count). The molecule has 0 saturated carbocycles. The van der Waals surface area contributed by atoms with Gasteiger partial charge in [-0.25, -0.2) is 4.79 Å². The average molecular weight is 303 g/mol. The van der Waals surface area contributed by atoms with Crippen molar-refractivity contribution in [1.82, 2.24) is 0 Å². The molecule has 2 N–H and O–H groups in total. The largest absolute Gasteiger partial charge is 0.462 e. The van der Waals surface area contributed by atoms with E-state index in [4.69, 9.17) is 10.5 Å². The maximum absolute atomic E-state index is 12.3. The van der Waals surface area contributed by atoms with Crippen molar-refractivity contribution in [2.45, 2.75) is 34.1 Å². The van der Waals surface area contributed by atoms with Gasteiger partial charge in [-0.05, 0) is 43.9 Å². The van der Waals surface area contributed by atoms with E-state index < -0.39 is 0 Å². The Labute approximate surface area is 129 Å². The minimum Gasteiger partial charge on any atom is -0.462 e. The molecule has 0 saturated heterocycles. The lowest BCUT2D eigenvalue weighted by atomic mass is 9.97. The summed E-state index contributed by atoms with van der Waals surface area (Å²) in [6, 6.07) is 6.20. The van der Waals surface area contributed by atoms with Crippen LogP contribution < -0.4 is 5.73 Å². The minimum atomic E-state index is -0.327. The normalized spacial score (nSPS) is 10.7. The first kappa shape index (κ1) is 15.6. The molecule has 2 aromatic rings. The third-order valence-electron chi connectivity index (χ3n) is 3.55. The quantitative estimate of drug-likeness (QED) is 0.847. The lowest BCUT2D eigenvalue weighted by Crippen LogP contribution is -2.08. The molecule has 21 heavy (non-hydrogen) atoms. The highest BCUT2D eigenvalue weighted by atomic mass is 32.1. The number of rotatable bonds is 4. The van der Waals surface area contributed by atoms with E-state index in [1.54, 1.807) is 0 Å². The highest BCUT2D eigenvalue weighted by Crippen LogP contribution is 2.39. The van der Waals surface area contributed by atoms with Gasteiger partial charge in [0.25, 0.3) is 0 Å². The van der Waals surface area contributed by atoms with Crippen molar-refractivity contribution in [2.75, 3.05) is 12.3 Å². The van der Waals surface area contributed by atoms with E-state index in [0.717, 1.165) is 22.4 Å². The van der Waals surface area contributed by atoms with Crippen molar-refractivity contribution >= 4 is 22.3 Å². The van der Waals surface area contributed by atoms with E-state index >= 15 is 0 Å². The fourth-order valence-corrected chi connectivity index (χ4v) is 3.22. The number of esters is 1. The molecule has 0 aliphatic heterocycles. The Kier molecular flexibility index (Phi) is 4.68. The van der Waals surface area contributed by atoms with Crippen LogP contribution in [0.25, 0.3) is 11.1 Å². The molecule has 0 spiro atoms. The van der Waals surface area contributed by atoms with Crippen LogP contribution in [0.1, 0.15) is 39.7 Å². The highest BCUT2D eigenvalue weighted by Gasteiger charge is 2.23. The molecular weight excluding hydrogens is 282 g/mol. The van der Waals surface area contributed by atoms with E-state index in [1.807, 2.05) is 19.9 Å². The zero-order valence-electron chi connectivity index (χ0n) is 12.9. The van der Waals surface area contributed by atoms with Gasteiger partial charge in [0, 0.05) is 10.4 Å². The summed E-state index contributed by atoms with van der Waals surface area (Å²) in [4.78, 5) is 13.3. The van der Waals surface area contributed by atoms with Crippen LogP contribution in [0.3, 0.4) is 0 Å². The van der Waals surface area contributed by atoms with Gasteiger partial charge in [-0.1, -0.05) is 25.1 Å². The standard InChI is InChI=1S/C17H21NO2S/c1-5-8-20-17(19)15-14(12(4)21-16(15)18)13-7-6-10(2)11(3)9-13/h6-7,9H,5,8,18H2,1-4H3. The topological polar surface area (TPSA) is 52.3 Å². The highest BCUT2D eigenvalue weighted by molar-refractivity contribution is 7.16. The molecule has 1 aromatic carbocycles. The molecule has 0 atom stereocenters. The molecule has 0 bridgehead atoms. The van der Waals surface area contributed by atoms with Gasteiger partial charge in [-0.3, -0.25) is 0 Å². The third kappa shape index (κ3) is 3.10. The summed E-state index contributed by atoms with van der Waals surface area (Å²) in [5.41, 5.74) is 10.9. The molecule has 3 nitrogen and oxygen atoms in total. The summed E-state index contributed by atoms with van der Waals surface area (Å²) in [5, 5.41) is 0.529. The summed E-state index contributed by atoms with van der Waals surface area (Å²) in [5.74, 6) is -0.327. The predicted molar refractivity (Wildman–Crippen MR) is 89.0 cm³/mol. The molecule has 4 heteroatoms. The number of aryl methyl sites for hydroxylation is 3. The minimum absolute atomic E-state index is 0.327. The van der Waals surface area contributed by atoms with Crippen molar-refractivity contribution in [1.29, 1.82) is 0 Å². The van der Waals surface area contributed by atoms with Crippen LogP contribution in [0.5, 0.6) is 0 Å². The number of nitrogens with two attached hydrogens (primary N) is 1. The lowest BCUT2D eigenvalue weighted by Gasteiger charge is -2.09. The zero-order valence-corrected chi connectivity index (χ0v) is 13.8. The molecule has 0 unspecified atom stereocenters. The average Bonchev–Trinajstić information content (AvgIpc) is 2.74. The van der Waals surface area contributed by atoms with E-state index in [9.17, 15) is 4.79 Å². The number of hydrogen-bond donors (Lipinski definition) is 1. The first-order valence-electron chi connectivity index (χ1n) is 7.09. The van der Waals surface area contributed by atoms with Gasteiger partial charge in [0.15, 0.2) is 0 Å². The number of carbonyl (C=O) groups is 1. The SMILES string of the molecule is CCCOC(=O)c1c(N)sc(C)c1-c1ccc(C)c(C)c1. The third-order valence-corrected chi connectivity index (χ3v) is 4.48. The monoisotopic (exact) mass is 303 g/mol. The van der Waals surface area contributed by atoms with Gasteiger partial charge in [0.05, 0.1) is 6.61 Å². The Morgan fingerprint density at radius 1 is 1.24 bits per heavy atom. The molecule has 0 amide bonds. The molecule has 1 aromatic heterocycles. The van der Waals surface area contributed by atoms with Crippen molar-refractivity contribution in [2.24, 2.45) is 0 Å². The van der Waals surface area contributed by atoms with Crippen LogP contribution in [0.2, 0.25) is 0 Å². The van der Waals surface area contributed by atoms with Crippen LogP contribution >= 0.6 is 11.3 Å². The smallest absolute Gasteiger partial charge is 0.341 e. The summed E-state index contributed by atoms with van der Waals surface area (Å²) in [7, 11) is 0. The number of ether oxygens (including phenoxy) is 1. The molecule has 0 aliphatic carbocycles. The van der Waals surface area contributed by atoms with Gasteiger partial charge in [0.2, 0.25) is 0 Å². The van der Waals surface area contributed by atoms with Crippen LogP contribution in [-0.4, -0.2) is 12.6 Å². The Balaban J connectivity index is 2.52. The Bertz CT molecular complexity index is 674. The van der Waals surface area contributed by atoms with Crippen LogP contribution in [-0.2, 0) is 4.74 Å². The number of carbonyl (C=O) groups excluding carboxylic acids is 1. The molecule has 0 fully saturated rings. The summed E-state index contributed by atoms with van der Waals surface area (Å²) >= 11 is 1.44. The van der Waals surface area contributed by atoms with Crippen LogP contribution in [0.4, 0.5) is 5.00 Å². The molecule has 0 radical (unpaired) electrons. The van der Waals surface area contributed by atoms with E-state index in [0.29, 0.717) is 17.2 Å². The lowest BCUT2D eigenvalue weighted by molar-refractivity contribution is 0.0507. The van der Waals surface area contributed by atoms with E-state index in [2.05, 4.69) is 26.0 Å². The predicted octanol–water partition coefficient (Wildman–Crippen LogP) is 4.49. The number of thiophene rings is 1. The fourth-order valence-electron chi connectivity index (χ4n) is 2.28. The fraction of sp³-hybridized carbons (Fsp3) is 0.353. The van der Waals surface area contributed by atoms with Gasteiger partial charge in [-0.15, -0.1) is 11.3 Å². The van der Waals surface area contributed by atoms with Crippen molar-refractivity contribution in [3.05, 3.63) is 39.8 Å². The maximum atomic E-state index is 12.3. The molecule has 0 aliphatic rings. The van der Waals surface area contributed by atoms with Gasteiger partial charge in [0.1, 0.15) is 10.6 Å². The Morgan fingerprint density at radius 2 is 1.95 bits per heavy atom. The first-order chi connectivity index (χ1) is 9.95. The number of benzene rings is 1. The molecule has 1 heterocycles. The van der Waals surface area contributed by atoms with Crippen molar-refractivity contribution in [3.8, 4) is 11.1 Å².